The lowest BCUT2D eigenvalue weighted by molar-refractivity contribution is -0.255. The Morgan fingerprint density at radius 3 is 2.49 bits per heavy atom. The molecule has 1 fully saturated rings. The molecule has 0 unspecified atom stereocenters. The molecular formula is C28H26N3O6-. The minimum absolute atomic E-state index is 0.0301. The van der Waals surface area contributed by atoms with Crippen LogP contribution in [-0.2, 0) is 17.8 Å². The zero-order valence-electron chi connectivity index (χ0n) is 20.3. The van der Waals surface area contributed by atoms with E-state index in [-0.39, 0.29) is 46.9 Å². The lowest BCUT2D eigenvalue weighted by Gasteiger charge is -2.43. The Kier molecular flexibility index (Phi) is 6.52. The molecule has 2 aromatic carbocycles. The fourth-order valence-corrected chi connectivity index (χ4v) is 5.29. The summed E-state index contributed by atoms with van der Waals surface area (Å²) in [5.41, 5.74) is 1.87. The minimum atomic E-state index is -1.33. The number of nitrogens with one attached hydrogen (secondary N) is 1. The van der Waals surface area contributed by atoms with Gasteiger partial charge in [-0.1, -0.05) is 24.3 Å². The van der Waals surface area contributed by atoms with E-state index < -0.39 is 5.97 Å². The number of aromatic nitrogens is 1. The Hall–Kier alpha value is -4.40. The van der Waals surface area contributed by atoms with E-state index in [1.165, 1.54) is 18.2 Å². The summed E-state index contributed by atoms with van der Waals surface area (Å²) in [6.07, 6.45) is 0.984. The highest BCUT2D eigenvalue weighted by Crippen LogP contribution is 2.36. The first kappa shape index (κ1) is 24.3. The monoisotopic (exact) mass is 500 g/mol. The van der Waals surface area contributed by atoms with Gasteiger partial charge in [-0.2, -0.15) is 0 Å². The molecule has 2 atom stereocenters. The highest BCUT2D eigenvalue weighted by molar-refractivity contribution is 5.97. The third-order valence-corrected chi connectivity index (χ3v) is 7.03. The zero-order chi connectivity index (χ0) is 26.1. The molecule has 2 aliphatic heterocycles. The molecule has 1 aromatic heterocycles. The van der Waals surface area contributed by atoms with Gasteiger partial charge >= 0.3 is 0 Å². The first-order valence-electron chi connectivity index (χ1n) is 12.1. The van der Waals surface area contributed by atoms with Gasteiger partial charge in [0.15, 0.2) is 0 Å². The molecule has 0 spiro atoms. The average molecular weight is 501 g/mol. The van der Waals surface area contributed by atoms with Crippen molar-refractivity contribution in [3.05, 3.63) is 93.4 Å². The van der Waals surface area contributed by atoms with Crippen molar-refractivity contribution in [2.45, 2.75) is 25.3 Å². The summed E-state index contributed by atoms with van der Waals surface area (Å²) in [6, 6.07) is 16.5. The number of methoxy groups -OCH3 is 1. The number of aromatic carboxylic acids is 1. The molecular weight excluding hydrogens is 474 g/mol. The first-order chi connectivity index (χ1) is 17.8. The SMILES string of the molecule is COc1ccc(CC(=O)Nc2ccc3n(c2=O)C[C@H]2C[C@@H]3CN(C(=O)c3cccc(C(=O)[O-])c3)C2)cc1. The quantitative estimate of drug-likeness (QED) is 0.550. The Balaban J connectivity index is 1.30. The second kappa shape index (κ2) is 9.93. The minimum Gasteiger partial charge on any atom is -0.545 e. The summed E-state index contributed by atoms with van der Waals surface area (Å²) in [6.45, 7) is 1.33. The Labute approximate surface area is 213 Å². The molecule has 0 saturated carbocycles. The Morgan fingerprint density at radius 2 is 1.76 bits per heavy atom. The maximum Gasteiger partial charge on any atom is 0.274 e. The number of amides is 2. The van der Waals surface area contributed by atoms with Gasteiger partial charge in [0.1, 0.15) is 11.4 Å². The molecule has 9 nitrogen and oxygen atoms in total. The van der Waals surface area contributed by atoms with Gasteiger partial charge in [-0.05, 0) is 59.9 Å². The number of fused-ring (bicyclic) bond motifs is 4. The number of nitrogens with zero attached hydrogens (tertiary/aromatic N) is 2. The normalized spacial score (nSPS) is 18.0. The number of hydrogen-bond acceptors (Lipinski definition) is 6. The maximum absolute atomic E-state index is 13.2. The standard InChI is InChI=1S/C28H27N3O6/c1-37-22-7-5-17(6-8-22)12-25(32)29-23-9-10-24-21-11-18(15-31(24)27(23)34)14-30(16-21)26(33)19-3-2-4-20(13-19)28(35)36/h2-10,13,18,21H,11-12,14-16H2,1H3,(H,29,32)(H,35,36)/p-1/t18-,21+/m0/s1. The number of likely N-dealkylation sites (tertiary alicyclic amines) is 1. The fourth-order valence-electron chi connectivity index (χ4n) is 5.29. The molecule has 1 N–H and O–H groups in total. The molecule has 2 amide bonds. The summed E-state index contributed by atoms with van der Waals surface area (Å²) in [5.74, 6) is -1.11. The van der Waals surface area contributed by atoms with E-state index in [1.807, 2.05) is 6.07 Å². The summed E-state index contributed by atoms with van der Waals surface area (Å²) in [4.78, 5) is 51.9. The number of pyridine rings is 1. The smallest absolute Gasteiger partial charge is 0.274 e. The van der Waals surface area contributed by atoms with Gasteiger partial charge in [0.2, 0.25) is 5.91 Å². The lowest BCUT2D eigenvalue weighted by Crippen LogP contribution is -2.49. The predicted octanol–water partition coefficient (Wildman–Crippen LogP) is 1.66. The van der Waals surface area contributed by atoms with Gasteiger partial charge < -0.3 is 29.4 Å². The van der Waals surface area contributed by atoms with Crippen molar-refractivity contribution < 1.29 is 24.2 Å². The van der Waals surface area contributed by atoms with Crippen LogP contribution in [0.5, 0.6) is 5.75 Å². The first-order valence-corrected chi connectivity index (χ1v) is 12.1. The van der Waals surface area contributed by atoms with E-state index in [1.54, 1.807) is 53.0 Å². The van der Waals surface area contributed by atoms with Crippen molar-refractivity contribution in [1.82, 2.24) is 9.47 Å². The zero-order valence-corrected chi connectivity index (χ0v) is 20.3. The van der Waals surface area contributed by atoms with E-state index in [4.69, 9.17) is 4.74 Å². The number of carboxylic acid groups (broad SMARTS) is 1. The van der Waals surface area contributed by atoms with Crippen LogP contribution in [0.3, 0.4) is 0 Å². The predicted molar refractivity (Wildman–Crippen MR) is 134 cm³/mol. The van der Waals surface area contributed by atoms with Crippen LogP contribution in [0.2, 0.25) is 0 Å². The van der Waals surface area contributed by atoms with Gasteiger partial charge in [-0.15, -0.1) is 0 Å². The van der Waals surface area contributed by atoms with E-state index in [2.05, 4.69) is 5.32 Å². The van der Waals surface area contributed by atoms with Gasteiger partial charge in [-0.3, -0.25) is 14.4 Å². The van der Waals surface area contributed by atoms with Crippen LogP contribution in [-0.4, -0.2) is 47.4 Å². The van der Waals surface area contributed by atoms with Crippen molar-refractivity contribution in [3.63, 3.8) is 0 Å². The van der Waals surface area contributed by atoms with Crippen LogP contribution in [0, 0.1) is 5.92 Å². The van der Waals surface area contributed by atoms with E-state index in [0.717, 1.165) is 17.7 Å². The van der Waals surface area contributed by atoms with Crippen LogP contribution in [0.25, 0.3) is 0 Å². The number of benzene rings is 2. The van der Waals surface area contributed by atoms with Crippen LogP contribution < -0.4 is 20.7 Å². The van der Waals surface area contributed by atoms with E-state index in [9.17, 15) is 24.3 Å². The fraction of sp³-hybridized carbons (Fsp3) is 0.286. The Bertz CT molecular complexity index is 1430. The number of ether oxygens (including phenoxy) is 1. The van der Waals surface area contributed by atoms with Crippen LogP contribution >= 0.6 is 0 Å². The molecule has 0 radical (unpaired) electrons. The summed E-state index contributed by atoms with van der Waals surface area (Å²) in [7, 11) is 1.58. The van der Waals surface area contributed by atoms with Gasteiger partial charge in [0, 0.05) is 36.8 Å². The van der Waals surface area contributed by atoms with Crippen molar-refractivity contribution in [2.24, 2.45) is 5.92 Å². The molecule has 190 valence electrons. The molecule has 3 heterocycles. The van der Waals surface area contributed by atoms with Gasteiger partial charge in [0.25, 0.3) is 11.5 Å². The Morgan fingerprint density at radius 1 is 1.00 bits per heavy atom. The van der Waals surface area contributed by atoms with E-state index in [0.29, 0.717) is 30.9 Å². The van der Waals surface area contributed by atoms with Crippen molar-refractivity contribution in [1.29, 1.82) is 0 Å². The van der Waals surface area contributed by atoms with Crippen molar-refractivity contribution >= 4 is 23.5 Å². The second-order valence-electron chi connectivity index (χ2n) is 9.54. The number of hydrogen-bond donors (Lipinski definition) is 1. The maximum atomic E-state index is 13.2. The molecule has 5 rings (SSSR count). The lowest BCUT2D eigenvalue weighted by atomic mass is 9.83. The number of carbonyl (C=O) groups excluding carboxylic acids is 3. The number of piperidine rings is 1. The molecule has 9 heteroatoms. The number of carboxylic acids is 1. The van der Waals surface area contributed by atoms with Crippen molar-refractivity contribution in [3.8, 4) is 5.75 Å². The molecule has 2 bridgehead atoms. The molecule has 37 heavy (non-hydrogen) atoms. The van der Waals surface area contributed by atoms with Crippen LogP contribution in [0.4, 0.5) is 5.69 Å². The van der Waals surface area contributed by atoms with Gasteiger partial charge in [0.05, 0.1) is 19.5 Å². The van der Waals surface area contributed by atoms with Crippen LogP contribution in [0.1, 0.15) is 44.3 Å². The summed E-state index contributed by atoms with van der Waals surface area (Å²) >= 11 is 0. The number of rotatable bonds is 6. The summed E-state index contributed by atoms with van der Waals surface area (Å²) < 4.78 is 6.84. The third-order valence-electron chi connectivity index (χ3n) is 7.03. The molecule has 1 saturated heterocycles. The van der Waals surface area contributed by atoms with Crippen molar-refractivity contribution in [2.75, 3.05) is 25.5 Å². The van der Waals surface area contributed by atoms with E-state index >= 15 is 0 Å². The highest BCUT2D eigenvalue weighted by Gasteiger charge is 2.37. The largest absolute Gasteiger partial charge is 0.545 e. The molecule has 2 aliphatic rings. The molecule has 3 aromatic rings. The number of anilines is 1. The topological polar surface area (TPSA) is 121 Å². The third kappa shape index (κ3) is 4.97. The number of carbonyl (C=O) groups is 3. The van der Waals surface area contributed by atoms with Gasteiger partial charge in [-0.25, -0.2) is 0 Å². The average Bonchev–Trinajstić information content (AvgIpc) is 2.90. The van der Waals surface area contributed by atoms with Crippen LogP contribution in [0.15, 0.2) is 65.5 Å². The summed E-state index contributed by atoms with van der Waals surface area (Å²) in [5, 5.41) is 13.9. The molecule has 0 aliphatic carbocycles. The highest BCUT2D eigenvalue weighted by atomic mass is 16.5. The second-order valence-corrected chi connectivity index (χ2v) is 9.54.